The molecule has 2 amide bonds. The number of para-hydroxylation sites is 1. The number of piperidine rings is 1. The summed E-state index contributed by atoms with van der Waals surface area (Å²) in [5.74, 6) is -0.310. The lowest BCUT2D eigenvalue weighted by atomic mass is 10.0. The highest BCUT2D eigenvalue weighted by Gasteiger charge is 2.22. The van der Waals surface area contributed by atoms with Crippen LogP contribution in [0.2, 0.25) is 0 Å². The molecule has 1 aliphatic rings. The number of likely N-dealkylation sites (tertiary alicyclic amines) is 1. The zero-order chi connectivity index (χ0) is 19.8. The Kier molecular flexibility index (Phi) is 7.14. The molecule has 0 aromatic heterocycles. The summed E-state index contributed by atoms with van der Waals surface area (Å²) in [6.07, 6.45) is 2.53. The average Bonchev–Trinajstić information content (AvgIpc) is 2.69. The molecule has 5 nitrogen and oxygen atoms in total. The highest BCUT2D eigenvalue weighted by Crippen LogP contribution is 2.12. The molecule has 2 N–H and O–H groups in total. The van der Waals surface area contributed by atoms with Crippen LogP contribution in [0.3, 0.4) is 0 Å². The van der Waals surface area contributed by atoms with Gasteiger partial charge in [-0.25, -0.2) is 4.39 Å². The topological polar surface area (TPSA) is 61.4 Å². The fourth-order valence-electron chi connectivity index (χ4n) is 3.41. The van der Waals surface area contributed by atoms with Crippen LogP contribution in [-0.4, -0.2) is 42.4 Å². The van der Waals surface area contributed by atoms with E-state index in [-0.39, 0.29) is 23.7 Å². The molecule has 1 saturated heterocycles. The van der Waals surface area contributed by atoms with Crippen molar-refractivity contribution in [1.29, 1.82) is 0 Å². The van der Waals surface area contributed by atoms with Crippen LogP contribution in [-0.2, 0) is 16.0 Å². The second-order valence-corrected chi connectivity index (χ2v) is 7.16. The Hall–Kier alpha value is -2.73. The summed E-state index contributed by atoms with van der Waals surface area (Å²) in [4.78, 5) is 26.4. The van der Waals surface area contributed by atoms with Crippen LogP contribution in [0.4, 0.5) is 10.1 Å². The normalized spacial score (nSPS) is 15.2. The van der Waals surface area contributed by atoms with Crippen molar-refractivity contribution < 1.29 is 14.0 Å². The minimum Gasteiger partial charge on any atom is -0.353 e. The molecule has 2 aromatic carbocycles. The number of carbonyl (C=O) groups is 2. The van der Waals surface area contributed by atoms with Crippen LogP contribution in [0, 0.1) is 5.82 Å². The van der Waals surface area contributed by atoms with Gasteiger partial charge in [0.25, 0.3) is 0 Å². The van der Waals surface area contributed by atoms with E-state index in [1.807, 2.05) is 36.4 Å². The van der Waals surface area contributed by atoms with Crippen LogP contribution >= 0.6 is 0 Å². The molecule has 1 heterocycles. The predicted octanol–water partition coefficient (Wildman–Crippen LogP) is 2.98. The van der Waals surface area contributed by atoms with E-state index in [1.54, 1.807) is 6.07 Å². The van der Waals surface area contributed by atoms with E-state index < -0.39 is 0 Å². The molecule has 0 radical (unpaired) electrons. The molecule has 1 fully saturated rings. The number of nitrogens with zero attached hydrogens (tertiary/aromatic N) is 1. The Labute approximate surface area is 164 Å². The summed E-state index contributed by atoms with van der Waals surface area (Å²) in [5, 5.41) is 5.95. The zero-order valence-corrected chi connectivity index (χ0v) is 15.9. The number of hydrogen-bond donors (Lipinski definition) is 2. The van der Waals surface area contributed by atoms with Gasteiger partial charge in [-0.05, 0) is 49.1 Å². The van der Waals surface area contributed by atoms with E-state index in [2.05, 4.69) is 15.5 Å². The Morgan fingerprint density at radius 3 is 2.46 bits per heavy atom. The van der Waals surface area contributed by atoms with Crippen molar-refractivity contribution in [3.8, 4) is 0 Å². The summed E-state index contributed by atoms with van der Waals surface area (Å²) >= 11 is 0. The van der Waals surface area contributed by atoms with Gasteiger partial charge in [0.05, 0.1) is 6.54 Å². The molecule has 0 bridgehead atoms. The maximum absolute atomic E-state index is 13.2. The first-order valence-electron chi connectivity index (χ1n) is 9.69. The number of amides is 2. The molecule has 0 unspecified atom stereocenters. The lowest BCUT2D eigenvalue weighted by molar-refractivity contribution is -0.122. The first kappa shape index (κ1) is 20.0. The summed E-state index contributed by atoms with van der Waals surface area (Å²) < 4.78 is 13.2. The average molecular weight is 383 g/mol. The highest BCUT2D eigenvalue weighted by atomic mass is 19.1. The number of aryl methyl sites for hydroxylation is 1. The van der Waals surface area contributed by atoms with Gasteiger partial charge in [-0.2, -0.15) is 0 Å². The van der Waals surface area contributed by atoms with Crippen molar-refractivity contribution in [3.63, 3.8) is 0 Å². The van der Waals surface area contributed by atoms with Gasteiger partial charge in [-0.3, -0.25) is 14.5 Å². The number of halogens is 1. The fourth-order valence-corrected chi connectivity index (χ4v) is 3.41. The third-order valence-corrected chi connectivity index (χ3v) is 4.91. The van der Waals surface area contributed by atoms with Crippen molar-refractivity contribution in [2.45, 2.75) is 31.7 Å². The molecule has 148 valence electrons. The van der Waals surface area contributed by atoms with Gasteiger partial charge in [0.1, 0.15) is 5.82 Å². The molecule has 0 atom stereocenters. The van der Waals surface area contributed by atoms with Gasteiger partial charge >= 0.3 is 0 Å². The van der Waals surface area contributed by atoms with Crippen molar-refractivity contribution in [2.24, 2.45) is 0 Å². The molecule has 28 heavy (non-hydrogen) atoms. The summed E-state index contributed by atoms with van der Waals surface area (Å²) in [6, 6.07) is 15.9. The predicted molar refractivity (Wildman–Crippen MR) is 107 cm³/mol. The lowest BCUT2D eigenvalue weighted by Crippen LogP contribution is -2.46. The fraction of sp³-hybridized carbons (Fsp3) is 0.364. The van der Waals surface area contributed by atoms with Gasteiger partial charge in [0, 0.05) is 31.2 Å². The minimum atomic E-state index is -0.276. The molecule has 0 saturated carbocycles. The first-order chi connectivity index (χ1) is 13.6. The molecule has 6 heteroatoms. The van der Waals surface area contributed by atoms with Gasteiger partial charge in [0.2, 0.25) is 11.8 Å². The van der Waals surface area contributed by atoms with Crippen molar-refractivity contribution >= 4 is 17.5 Å². The number of carbonyl (C=O) groups excluding carboxylic acids is 2. The van der Waals surface area contributed by atoms with E-state index in [1.165, 1.54) is 12.1 Å². The maximum atomic E-state index is 13.2. The highest BCUT2D eigenvalue weighted by molar-refractivity contribution is 5.92. The van der Waals surface area contributed by atoms with Crippen LogP contribution in [0.15, 0.2) is 54.6 Å². The third-order valence-electron chi connectivity index (χ3n) is 4.91. The number of benzene rings is 2. The van der Waals surface area contributed by atoms with Crippen molar-refractivity contribution in [1.82, 2.24) is 10.2 Å². The van der Waals surface area contributed by atoms with Crippen LogP contribution in [0.5, 0.6) is 0 Å². The van der Waals surface area contributed by atoms with E-state index in [4.69, 9.17) is 0 Å². The van der Waals surface area contributed by atoms with Crippen molar-refractivity contribution in [3.05, 3.63) is 66.0 Å². The second-order valence-electron chi connectivity index (χ2n) is 7.16. The maximum Gasteiger partial charge on any atom is 0.238 e. The van der Waals surface area contributed by atoms with E-state index >= 15 is 0 Å². The zero-order valence-electron chi connectivity index (χ0n) is 15.9. The van der Waals surface area contributed by atoms with Crippen molar-refractivity contribution in [2.75, 3.05) is 25.0 Å². The van der Waals surface area contributed by atoms with Gasteiger partial charge in [-0.15, -0.1) is 0 Å². The first-order valence-corrected chi connectivity index (χ1v) is 9.69. The lowest BCUT2D eigenvalue weighted by Gasteiger charge is -2.31. The summed E-state index contributed by atoms with van der Waals surface area (Å²) in [7, 11) is 0. The number of rotatable bonds is 7. The monoisotopic (exact) mass is 383 g/mol. The van der Waals surface area contributed by atoms with Crippen LogP contribution in [0.25, 0.3) is 0 Å². The Morgan fingerprint density at radius 2 is 1.75 bits per heavy atom. The molecular weight excluding hydrogens is 357 g/mol. The quantitative estimate of drug-likeness (QED) is 0.773. The molecule has 2 aromatic rings. The van der Waals surface area contributed by atoms with Gasteiger partial charge in [0.15, 0.2) is 0 Å². The van der Waals surface area contributed by atoms with Gasteiger partial charge < -0.3 is 10.6 Å². The van der Waals surface area contributed by atoms with Gasteiger partial charge in [-0.1, -0.05) is 30.3 Å². The second kappa shape index (κ2) is 9.99. The van der Waals surface area contributed by atoms with Crippen LogP contribution < -0.4 is 10.6 Å². The Balaban J connectivity index is 1.34. The third kappa shape index (κ3) is 6.46. The Morgan fingerprint density at radius 1 is 1.00 bits per heavy atom. The number of nitrogens with one attached hydrogen (secondary N) is 2. The SMILES string of the molecule is O=C(CN1CCC(NC(=O)CCc2cccc(F)c2)CC1)Nc1ccccc1. The molecule has 1 aliphatic heterocycles. The molecular formula is C22H26FN3O2. The minimum absolute atomic E-state index is 0.00969. The van der Waals surface area contributed by atoms with Crippen LogP contribution in [0.1, 0.15) is 24.8 Å². The largest absolute Gasteiger partial charge is 0.353 e. The summed E-state index contributed by atoms with van der Waals surface area (Å²) in [5.41, 5.74) is 1.63. The standard InChI is InChI=1S/C22H26FN3O2/c23-18-6-4-5-17(15-18)9-10-21(27)24-20-11-13-26(14-12-20)16-22(28)25-19-7-2-1-3-8-19/h1-8,15,20H,9-14,16H2,(H,24,27)(H,25,28). The number of anilines is 1. The smallest absolute Gasteiger partial charge is 0.238 e. The number of hydrogen-bond acceptors (Lipinski definition) is 3. The Bertz CT molecular complexity index is 789. The van der Waals surface area contributed by atoms with E-state index in [0.29, 0.717) is 19.4 Å². The molecule has 0 spiro atoms. The molecule has 0 aliphatic carbocycles. The van der Waals surface area contributed by atoms with E-state index in [0.717, 1.165) is 37.2 Å². The van der Waals surface area contributed by atoms with E-state index in [9.17, 15) is 14.0 Å². The summed E-state index contributed by atoms with van der Waals surface area (Å²) in [6.45, 7) is 1.91. The molecule has 3 rings (SSSR count).